The quantitative estimate of drug-likeness (QED) is 0.308. The van der Waals surface area contributed by atoms with Crippen molar-refractivity contribution in [2.75, 3.05) is 13.3 Å². The molecule has 35 heavy (non-hydrogen) atoms. The fraction of sp³-hybridized carbons (Fsp3) is 0.409. The maximum Gasteiger partial charge on any atom is 0.372 e. The van der Waals surface area contributed by atoms with Crippen molar-refractivity contribution >= 4 is 26.9 Å². The van der Waals surface area contributed by atoms with Gasteiger partial charge >= 0.3 is 19.5 Å². The van der Waals surface area contributed by atoms with Crippen LogP contribution < -0.4 is 4.74 Å². The SMILES string of the molecule is CC(=O)OCC(C)(C)C(=O)Oc1ccccc1C1OP(C)(=O)C(O)(Cc2cccnc2)P(=O)(O)O1. The number of nitrogens with zero attached hydrogens (tertiary/aromatic N) is 1. The summed E-state index contributed by atoms with van der Waals surface area (Å²) in [6.45, 7) is 5.03. The van der Waals surface area contributed by atoms with Crippen molar-refractivity contribution in [1.29, 1.82) is 0 Å². The highest BCUT2D eigenvalue weighted by molar-refractivity contribution is 7.76. The van der Waals surface area contributed by atoms with Crippen molar-refractivity contribution in [2.24, 2.45) is 5.41 Å². The summed E-state index contributed by atoms with van der Waals surface area (Å²) in [6, 6.07) is 8.96. The Morgan fingerprint density at radius 3 is 2.46 bits per heavy atom. The molecule has 190 valence electrons. The van der Waals surface area contributed by atoms with Gasteiger partial charge in [-0.2, -0.15) is 0 Å². The van der Waals surface area contributed by atoms with E-state index < -0.39 is 50.1 Å². The summed E-state index contributed by atoms with van der Waals surface area (Å²) in [5.74, 6) is -1.41. The molecule has 0 saturated carbocycles. The lowest BCUT2D eigenvalue weighted by Crippen LogP contribution is -2.38. The van der Waals surface area contributed by atoms with E-state index in [1.54, 1.807) is 12.1 Å². The molecule has 1 aromatic heterocycles. The lowest BCUT2D eigenvalue weighted by atomic mass is 9.95. The third-order valence-corrected chi connectivity index (χ3v) is 10.8. The second kappa shape index (κ2) is 9.93. The number of benzene rings is 1. The Hall–Kier alpha value is -2.39. The van der Waals surface area contributed by atoms with Gasteiger partial charge in [-0.3, -0.25) is 32.8 Å². The molecule has 1 saturated heterocycles. The predicted octanol–water partition coefficient (Wildman–Crippen LogP) is 3.60. The van der Waals surface area contributed by atoms with Gasteiger partial charge in [-0.05, 0) is 31.5 Å². The number of hydrogen-bond acceptors (Lipinski definition) is 10. The Bertz CT molecular complexity index is 1170. The van der Waals surface area contributed by atoms with Crippen LogP contribution in [0.2, 0.25) is 0 Å². The first-order valence-electron chi connectivity index (χ1n) is 10.5. The van der Waals surface area contributed by atoms with Crippen LogP contribution in [0.1, 0.15) is 38.2 Å². The Labute approximate surface area is 202 Å². The van der Waals surface area contributed by atoms with Gasteiger partial charge < -0.3 is 19.5 Å². The Balaban J connectivity index is 1.89. The van der Waals surface area contributed by atoms with E-state index in [9.17, 15) is 28.7 Å². The van der Waals surface area contributed by atoms with Gasteiger partial charge in [0.2, 0.25) is 18.7 Å². The number of carbonyl (C=O) groups excluding carboxylic acids is 2. The Morgan fingerprint density at radius 2 is 1.86 bits per heavy atom. The molecule has 4 atom stereocenters. The van der Waals surface area contributed by atoms with E-state index in [1.807, 2.05) is 0 Å². The molecule has 0 aliphatic carbocycles. The van der Waals surface area contributed by atoms with Crippen LogP contribution in [0.15, 0.2) is 48.8 Å². The lowest BCUT2D eigenvalue weighted by molar-refractivity contribution is -0.153. The molecule has 1 aliphatic heterocycles. The van der Waals surface area contributed by atoms with Crippen molar-refractivity contribution in [3.63, 3.8) is 0 Å². The highest BCUT2D eigenvalue weighted by Gasteiger charge is 2.65. The summed E-state index contributed by atoms with van der Waals surface area (Å²) < 4.78 is 47.8. The van der Waals surface area contributed by atoms with Gasteiger partial charge in [0.05, 0.1) is 11.0 Å². The van der Waals surface area contributed by atoms with Gasteiger partial charge in [-0.25, -0.2) is 0 Å². The third kappa shape index (κ3) is 5.72. The van der Waals surface area contributed by atoms with Crippen molar-refractivity contribution in [2.45, 2.75) is 38.6 Å². The smallest absolute Gasteiger partial charge is 0.372 e. The molecule has 0 bridgehead atoms. The summed E-state index contributed by atoms with van der Waals surface area (Å²) in [6.07, 6.45) is 0.649. The van der Waals surface area contributed by atoms with E-state index in [0.717, 1.165) is 6.66 Å². The maximum atomic E-state index is 13.5. The Kier molecular flexibility index (Phi) is 7.72. The van der Waals surface area contributed by atoms with Crippen LogP contribution in [0.25, 0.3) is 0 Å². The number of ether oxygens (including phenoxy) is 2. The lowest BCUT2D eigenvalue weighted by Gasteiger charge is -2.43. The van der Waals surface area contributed by atoms with Gasteiger partial charge in [0.15, 0.2) is 0 Å². The molecule has 2 heterocycles. The third-order valence-electron chi connectivity index (χ3n) is 5.37. The number of aromatic nitrogens is 1. The molecule has 11 nitrogen and oxygen atoms in total. The second-order valence-corrected chi connectivity index (χ2v) is 13.8. The number of hydrogen-bond donors (Lipinski definition) is 2. The van der Waals surface area contributed by atoms with Crippen molar-refractivity contribution in [3.8, 4) is 5.75 Å². The zero-order chi connectivity index (χ0) is 26.1. The van der Waals surface area contributed by atoms with E-state index >= 15 is 0 Å². The fourth-order valence-electron chi connectivity index (χ4n) is 3.21. The first-order chi connectivity index (χ1) is 16.2. The summed E-state index contributed by atoms with van der Waals surface area (Å²) in [7, 11) is -9.22. The predicted molar refractivity (Wildman–Crippen MR) is 124 cm³/mol. The highest BCUT2D eigenvalue weighted by atomic mass is 31.2. The van der Waals surface area contributed by atoms with Crippen LogP contribution in [0.3, 0.4) is 0 Å². The number of para-hydroxylation sites is 1. The van der Waals surface area contributed by atoms with Gasteiger partial charge in [-0.1, -0.05) is 24.3 Å². The van der Waals surface area contributed by atoms with Gasteiger partial charge in [0.25, 0.3) is 0 Å². The standard InChI is InChI=1S/C22H27NO10P2/c1-15(24)30-14-21(2,3)20(25)31-18-10-6-5-9-17(18)19-32-34(4,27)22(26,35(28,29)33-19)12-16-8-7-11-23-13-16/h5-11,13,19,26H,12,14H2,1-4H3,(H,28,29). The molecule has 3 rings (SSSR count). The number of rotatable bonds is 7. The normalized spacial score (nSPS) is 28.8. The Morgan fingerprint density at radius 1 is 1.17 bits per heavy atom. The van der Waals surface area contributed by atoms with Crippen LogP contribution >= 0.6 is 15.0 Å². The van der Waals surface area contributed by atoms with Crippen molar-refractivity contribution in [3.05, 3.63) is 59.9 Å². The summed E-state index contributed by atoms with van der Waals surface area (Å²) in [5.41, 5.74) is -0.867. The zero-order valence-electron chi connectivity index (χ0n) is 19.6. The molecule has 13 heteroatoms. The molecule has 2 N–H and O–H groups in total. The van der Waals surface area contributed by atoms with Crippen LogP contribution in [-0.4, -0.2) is 45.3 Å². The van der Waals surface area contributed by atoms with Crippen molar-refractivity contribution in [1.82, 2.24) is 4.98 Å². The average molecular weight is 527 g/mol. The summed E-state index contributed by atoms with van der Waals surface area (Å²) in [4.78, 5) is 38.4. The molecule has 0 amide bonds. The van der Waals surface area contributed by atoms with Crippen LogP contribution in [0.5, 0.6) is 5.75 Å². The van der Waals surface area contributed by atoms with Crippen LogP contribution in [0.4, 0.5) is 0 Å². The highest BCUT2D eigenvalue weighted by Crippen LogP contribution is 2.79. The molecule has 0 radical (unpaired) electrons. The number of esters is 2. The molecule has 1 aliphatic rings. The largest absolute Gasteiger partial charge is 0.465 e. The minimum Gasteiger partial charge on any atom is -0.465 e. The van der Waals surface area contributed by atoms with E-state index in [4.69, 9.17) is 18.5 Å². The summed E-state index contributed by atoms with van der Waals surface area (Å²) >= 11 is 0. The topological polar surface area (TPSA) is 159 Å². The summed E-state index contributed by atoms with van der Waals surface area (Å²) in [5, 5.41) is 8.36. The minimum atomic E-state index is -4.98. The average Bonchev–Trinajstić information content (AvgIpc) is 2.77. The maximum absolute atomic E-state index is 13.5. The number of aliphatic hydroxyl groups is 1. The molecule has 1 fully saturated rings. The fourth-order valence-corrected chi connectivity index (χ4v) is 7.53. The van der Waals surface area contributed by atoms with E-state index in [1.165, 1.54) is 57.4 Å². The van der Waals surface area contributed by atoms with Gasteiger partial charge in [-0.15, -0.1) is 0 Å². The van der Waals surface area contributed by atoms with E-state index in [2.05, 4.69) is 4.98 Å². The minimum absolute atomic E-state index is 0.00362. The monoisotopic (exact) mass is 527 g/mol. The van der Waals surface area contributed by atoms with E-state index in [0.29, 0.717) is 5.56 Å². The second-order valence-electron chi connectivity index (χ2n) is 8.81. The zero-order valence-corrected chi connectivity index (χ0v) is 21.4. The van der Waals surface area contributed by atoms with Crippen molar-refractivity contribution < 1.29 is 47.2 Å². The van der Waals surface area contributed by atoms with Crippen LogP contribution in [0, 0.1) is 5.41 Å². The molecule has 1 aromatic carbocycles. The molecular weight excluding hydrogens is 500 g/mol. The first-order valence-corrected chi connectivity index (χ1v) is 14.2. The van der Waals surface area contributed by atoms with E-state index in [-0.39, 0.29) is 17.9 Å². The molecule has 0 spiro atoms. The first kappa shape index (κ1) is 27.2. The van der Waals surface area contributed by atoms with Crippen LogP contribution in [-0.2, 0) is 38.9 Å². The number of carbonyl (C=O) groups is 2. The molecule has 4 unspecified atom stereocenters. The molecule has 2 aromatic rings. The van der Waals surface area contributed by atoms with Gasteiger partial charge in [0, 0.05) is 32.4 Å². The van der Waals surface area contributed by atoms with Gasteiger partial charge in [0.1, 0.15) is 12.4 Å². The molecular formula is C22H27NO10P2. The number of pyridine rings is 1.